The van der Waals surface area contributed by atoms with Crippen LogP contribution in [-0.4, -0.2) is 5.97 Å². The fourth-order valence-corrected chi connectivity index (χ4v) is 2.08. The summed E-state index contributed by atoms with van der Waals surface area (Å²) >= 11 is 0. The van der Waals surface area contributed by atoms with Crippen molar-refractivity contribution in [3.05, 3.63) is 24.3 Å². The molecule has 0 radical (unpaired) electrons. The maximum Gasteiger partial charge on any atom is 1.00 e. The first-order valence-corrected chi connectivity index (χ1v) is 8.27. The average Bonchev–Trinajstić information content (AvgIpc) is 2.43. The van der Waals surface area contributed by atoms with E-state index in [4.69, 9.17) is 0 Å². The third kappa shape index (κ3) is 23.0. The number of allylic oxidation sites excluding steroid dienone is 4. The van der Waals surface area contributed by atoms with Gasteiger partial charge in [-0.2, -0.15) is 0 Å². The van der Waals surface area contributed by atoms with Crippen molar-refractivity contribution in [3.63, 3.8) is 0 Å². The first-order valence-electron chi connectivity index (χ1n) is 8.27. The topological polar surface area (TPSA) is 40.1 Å². The van der Waals surface area contributed by atoms with Gasteiger partial charge in [-0.25, -0.2) is 0 Å². The van der Waals surface area contributed by atoms with Crippen LogP contribution in [0.15, 0.2) is 24.3 Å². The van der Waals surface area contributed by atoms with Gasteiger partial charge in [0.1, 0.15) is 0 Å². The van der Waals surface area contributed by atoms with E-state index in [0.29, 0.717) is 0 Å². The van der Waals surface area contributed by atoms with E-state index >= 15 is 0 Å². The zero-order valence-electron chi connectivity index (χ0n) is 14.1. The molecule has 116 valence electrons. The predicted molar refractivity (Wildman–Crippen MR) is 84.4 cm³/mol. The van der Waals surface area contributed by atoms with E-state index in [0.717, 1.165) is 32.1 Å². The molecule has 0 fully saturated rings. The average molecular weight is 319 g/mol. The van der Waals surface area contributed by atoms with Gasteiger partial charge in [0.2, 0.25) is 0 Å². The number of aliphatic carboxylic acids is 1. The van der Waals surface area contributed by atoms with Gasteiger partial charge >= 0.3 is 51.4 Å². The Balaban J connectivity index is 0. The number of unbranched alkanes of at least 4 members (excludes halogenated alkanes) is 8. The van der Waals surface area contributed by atoms with Crippen LogP contribution >= 0.6 is 0 Å². The third-order valence-electron chi connectivity index (χ3n) is 3.33. The van der Waals surface area contributed by atoms with E-state index in [9.17, 15) is 9.90 Å². The van der Waals surface area contributed by atoms with Crippen molar-refractivity contribution >= 4 is 5.97 Å². The molecule has 0 amide bonds. The number of carbonyl (C=O) groups excluding carboxylic acids is 1. The van der Waals surface area contributed by atoms with Gasteiger partial charge in [-0.3, -0.25) is 0 Å². The number of hydrogen-bond acceptors (Lipinski definition) is 2. The molecular formula is C18H31KO2. The van der Waals surface area contributed by atoms with E-state index in [1.807, 2.05) is 0 Å². The van der Waals surface area contributed by atoms with Crippen molar-refractivity contribution in [2.75, 3.05) is 0 Å². The van der Waals surface area contributed by atoms with E-state index in [-0.39, 0.29) is 57.8 Å². The van der Waals surface area contributed by atoms with Gasteiger partial charge in [0, 0.05) is 5.97 Å². The number of rotatable bonds is 14. The van der Waals surface area contributed by atoms with Crippen LogP contribution in [0.3, 0.4) is 0 Å². The van der Waals surface area contributed by atoms with E-state index < -0.39 is 5.97 Å². The second-order valence-electron chi connectivity index (χ2n) is 5.35. The molecule has 0 spiro atoms. The van der Waals surface area contributed by atoms with Gasteiger partial charge in [0.15, 0.2) is 0 Å². The van der Waals surface area contributed by atoms with E-state index in [1.165, 1.54) is 38.5 Å². The Hall–Kier alpha value is 0.586. The van der Waals surface area contributed by atoms with E-state index in [2.05, 4.69) is 31.2 Å². The number of carboxylic acids is 1. The summed E-state index contributed by atoms with van der Waals surface area (Å²) in [5.41, 5.74) is 0. The number of carbonyl (C=O) groups is 1. The van der Waals surface area contributed by atoms with Crippen molar-refractivity contribution in [2.45, 2.75) is 84.0 Å². The molecule has 0 heterocycles. The van der Waals surface area contributed by atoms with Gasteiger partial charge in [0.05, 0.1) is 0 Å². The molecule has 0 aliphatic carbocycles. The Morgan fingerprint density at radius 1 is 0.810 bits per heavy atom. The molecule has 0 aliphatic rings. The van der Waals surface area contributed by atoms with Crippen molar-refractivity contribution in [1.82, 2.24) is 0 Å². The third-order valence-corrected chi connectivity index (χ3v) is 3.33. The molecule has 0 saturated heterocycles. The van der Waals surface area contributed by atoms with Gasteiger partial charge in [-0.15, -0.1) is 0 Å². The van der Waals surface area contributed by atoms with Crippen molar-refractivity contribution in [2.24, 2.45) is 0 Å². The summed E-state index contributed by atoms with van der Waals surface area (Å²) in [6.07, 6.45) is 21.9. The molecule has 0 aromatic heterocycles. The second-order valence-corrected chi connectivity index (χ2v) is 5.35. The summed E-state index contributed by atoms with van der Waals surface area (Å²) in [5, 5.41) is 10.2. The Bertz CT molecular complexity index is 272. The quantitative estimate of drug-likeness (QED) is 0.277. The Morgan fingerprint density at radius 3 is 1.90 bits per heavy atom. The van der Waals surface area contributed by atoms with Gasteiger partial charge in [0.25, 0.3) is 0 Å². The number of hydrogen-bond donors (Lipinski definition) is 0. The largest absolute Gasteiger partial charge is 1.00 e. The summed E-state index contributed by atoms with van der Waals surface area (Å²) in [6, 6.07) is 0. The summed E-state index contributed by atoms with van der Waals surface area (Å²) in [7, 11) is 0. The smallest absolute Gasteiger partial charge is 0.550 e. The number of carboxylic acid groups (broad SMARTS) is 1. The van der Waals surface area contributed by atoms with Crippen LogP contribution in [0.5, 0.6) is 0 Å². The fraction of sp³-hybridized carbons (Fsp3) is 0.722. The van der Waals surface area contributed by atoms with Crippen LogP contribution < -0.4 is 56.5 Å². The molecule has 0 rings (SSSR count). The molecule has 0 aromatic rings. The van der Waals surface area contributed by atoms with Gasteiger partial charge in [-0.1, -0.05) is 63.3 Å². The molecular weight excluding hydrogens is 287 g/mol. The van der Waals surface area contributed by atoms with Crippen molar-refractivity contribution < 1.29 is 61.3 Å². The van der Waals surface area contributed by atoms with Crippen molar-refractivity contribution in [3.8, 4) is 0 Å². The molecule has 0 bridgehead atoms. The second kappa shape index (κ2) is 20.6. The minimum absolute atomic E-state index is 0. The minimum Gasteiger partial charge on any atom is -0.550 e. The summed E-state index contributed by atoms with van der Waals surface area (Å²) in [5.74, 6) is -0.921. The van der Waals surface area contributed by atoms with Crippen LogP contribution in [0.4, 0.5) is 0 Å². The standard InChI is InChI=1S/C18H32O2.K/c1-2-3-4-5-6-7-8-9-10-11-12-13-14-15-16-17-18(19)20;/h6-7,9-10H,2-5,8,11-17H2,1H3,(H,19,20);/q;+1/p-1/b7-6-,10-9-;. The maximum atomic E-state index is 10.2. The molecule has 0 aromatic carbocycles. The Morgan fingerprint density at radius 2 is 1.33 bits per heavy atom. The Labute approximate surface area is 173 Å². The normalized spacial score (nSPS) is 11.1. The molecule has 21 heavy (non-hydrogen) atoms. The van der Waals surface area contributed by atoms with Crippen LogP contribution in [-0.2, 0) is 4.79 Å². The first kappa shape index (κ1) is 23.8. The van der Waals surface area contributed by atoms with Crippen molar-refractivity contribution in [1.29, 1.82) is 0 Å². The molecule has 2 nitrogen and oxygen atoms in total. The summed E-state index contributed by atoms with van der Waals surface area (Å²) in [6.45, 7) is 2.23. The molecule has 0 saturated carbocycles. The minimum atomic E-state index is -0.921. The first-order chi connectivity index (χ1) is 9.77. The molecule has 0 aliphatic heterocycles. The van der Waals surface area contributed by atoms with Crippen LogP contribution in [0.2, 0.25) is 0 Å². The van der Waals surface area contributed by atoms with Crippen LogP contribution in [0.1, 0.15) is 84.0 Å². The zero-order valence-corrected chi connectivity index (χ0v) is 17.2. The molecule has 3 heteroatoms. The van der Waals surface area contributed by atoms with Crippen LogP contribution in [0, 0.1) is 0 Å². The monoisotopic (exact) mass is 318 g/mol. The molecule has 0 atom stereocenters. The zero-order chi connectivity index (χ0) is 14.9. The summed E-state index contributed by atoms with van der Waals surface area (Å²) < 4.78 is 0. The Kier molecular flexibility index (Phi) is 23.4. The molecule has 0 unspecified atom stereocenters. The summed E-state index contributed by atoms with van der Waals surface area (Å²) in [4.78, 5) is 10.2. The van der Waals surface area contributed by atoms with E-state index in [1.54, 1.807) is 0 Å². The predicted octanol–water partition coefficient (Wildman–Crippen LogP) is 1.55. The van der Waals surface area contributed by atoms with Gasteiger partial charge < -0.3 is 9.90 Å². The molecule has 0 N–H and O–H groups in total. The fourth-order valence-electron chi connectivity index (χ4n) is 2.08. The van der Waals surface area contributed by atoms with Crippen LogP contribution in [0.25, 0.3) is 0 Å². The van der Waals surface area contributed by atoms with Gasteiger partial charge in [-0.05, 0) is 44.9 Å². The SMILES string of the molecule is CCCCC/C=C\C/C=C\CCCCCCCC(=O)[O-].[K+]. The maximum absolute atomic E-state index is 10.2.